The maximum Gasteiger partial charge on any atom is 0.261 e. The third-order valence-electron chi connectivity index (χ3n) is 4.94. The molecule has 0 aliphatic carbocycles. The fourth-order valence-corrected chi connectivity index (χ4v) is 4.27. The number of nitrogens with zero attached hydrogens (tertiary/aromatic N) is 2. The molecule has 4 aromatic rings. The highest BCUT2D eigenvalue weighted by Gasteiger charge is 2.14. The van der Waals surface area contributed by atoms with Gasteiger partial charge in [-0.1, -0.05) is 35.9 Å². The topological polar surface area (TPSA) is 93.1 Å². The van der Waals surface area contributed by atoms with Crippen LogP contribution in [0.3, 0.4) is 0 Å². The first-order chi connectivity index (χ1) is 15.4. The highest BCUT2D eigenvalue weighted by Crippen LogP contribution is 2.18. The van der Waals surface area contributed by atoms with E-state index < -0.39 is 10.0 Å². The van der Waals surface area contributed by atoms with E-state index in [9.17, 15) is 13.2 Å². The van der Waals surface area contributed by atoms with E-state index in [2.05, 4.69) is 15.0 Å². The minimum atomic E-state index is -3.69. The second-order valence-corrected chi connectivity index (χ2v) is 8.96. The Morgan fingerprint density at radius 2 is 1.69 bits per heavy atom. The molecule has 2 N–H and O–H groups in total. The number of nitrogens with one attached hydrogen (secondary N) is 2. The van der Waals surface area contributed by atoms with Gasteiger partial charge >= 0.3 is 0 Å². The Morgan fingerprint density at radius 1 is 0.969 bits per heavy atom. The molecule has 32 heavy (non-hydrogen) atoms. The summed E-state index contributed by atoms with van der Waals surface area (Å²) in [6, 6.07) is 20.7. The standard InChI is InChI=1S/C24H22N4O3S/c1-18-6-12-22(13-7-18)32(30,31)27-21-10-8-19(9-11-21)24(29)26-16-20-4-2-3-5-23(20)28-15-14-25-17-28/h2-15,17,27H,16H2,1H3,(H,26,29). The molecular weight excluding hydrogens is 424 g/mol. The number of rotatable bonds is 7. The van der Waals surface area contributed by atoms with Crippen molar-refractivity contribution < 1.29 is 13.2 Å². The van der Waals surface area contributed by atoms with Crippen molar-refractivity contribution >= 4 is 21.6 Å². The lowest BCUT2D eigenvalue weighted by Gasteiger charge is -2.12. The smallest absolute Gasteiger partial charge is 0.261 e. The van der Waals surface area contributed by atoms with Crippen molar-refractivity contribution in [2.75, 3.05) is 4.72 Å². The van der Waals surface area contributed by atoms with E-state index in [1.54, 1.807) is 61.1 Å². The van der Waals surface area contributed by atoms with Crippen LogP contribution in [-0.4, -0.2) is 23.9 Å². The summed E-state index contributed by atoms with van der Waals surface area (Å²) < 4.78 is 29.5. The van der Waals surface area contributed by atoms with Crippen LogP contribution in [0.1, 0.15) is 21.5 Å². The first-order valence-electron chi connectivity index (χ1n) is 9.96. The third-order valence-corrected chi connectivity index (χ3v) is 6.34. The van der Waals surface area contributed by atoms with Gasteiger partial charge in [0.25, 0.3) is 15.9 Å². The lowest BCUT2D eigenvalue weighted by atomic mass is 10.1. The van der Waals surface area contributed by atoms with Crippen molar-refractivity contribution in [3.8, 4) is 5.69 Å². The molecule has 0 bridgehead atoms. The Labute approximate surface area is 186 Å². The summed E-state index contributed by atoms with van der Waals surface area (Å²) in [5.74, 6) is -0.252. The second-order valence-electron chi connectivity index (χ2n) is 7.28. The Bertz CT molecular complexity index is 1310. The summed E-state index contributed by atoms with van der Waals surface area (Å²) in [6.45, 7) is 2.24. The highest BCUT2D eigenvalue weighted by atomic mass is 32.2. The summed E-state index contributed by atoms with van der Waals surface area (Å²) in [5.41, 5.74) is 3.68. The number of carbonyl (C=O) groups excluding carboxylic acids is 1. The number of hydrogen-bond donors (Lipinski definition) is 2. The Balaban J connectivity index is 1.41. The lowest BCUT2D eigenvalue weighted by Crippen LogP contribution is -2.23. The molecule has 0 fully saturated rings. The van der Waals surface area contributed by atoms with Gasteiger partial charge in [-0.2, -0.15) is 0 Å². The molecule has 0 spiro atoms. The van der Waals surface area contributed by atoms with Gasteiger partial charge in [0.1, 0.15) is 0 Å². The van der Waals surface area contributed by atoms with Crippen LogP contribution in [0.25, 0.3) is 5.69 Å². The molecule has 162 valence electrons. The zero-order valence-electron chi connectivity index (χ0n) is 17.4. The number of aryl methyl sites for hydroxylation is 1. The number of anilines is 1. The minimum Gasteiger partial charge on any atom is -0.348 e. The lowest BCUT2D eigenvalue weighted by molar-refractivity contribution is 0.0951. The number of sulfonamides is 1. The third kappa shape index (κ3) is 4.87. The molecule has 3 aromatic carbocycles. The van der Waals surface area contributed by atoms with E-state index in [1.807, 2.05) is 42.0 Å². The van der Waals surface area contributed by atoms with E-state index in [4.69, 9.17) is 0 Å². The molecule has 0 atom stereocenters. The van der Waals surface area contributed by atoms with Crippen LogP contribution < -0.4 is 10.0 Å². The van der Waals surface area contributed by atoms with E-state index in [1.165, 1.54) is 0 Å². The van der Waals surface area contributed by atoms with Crippen molar-refractivity contribution in [2.45, 2.75) is 18.4 Å². The molecule has 0 saturated carbocycles. The number of para-hydroxylation sites is 1. The fourth-order valence-electron chi connectivity index (χ4n) is 3.21. The van der Waals surface area contributed by atoms with Crippen molar-refractivity contribution in [1.29, 1.82) is 0 Å². The van der Waals surface area contributed by atoms with Crippen molar-refractivity contribution in [3.63, 3.8) is 0 Å². The molecular formula is C24H22N4O3S. The molecule has 1 heterocycles. The molecule has 0 unspecified atom stereocenters. The van der Waals surface area contributed by atoms with Gasteiger partial charge in [0.15, 0.2) is 0 Å². The zero-order chi connectivity index (χ0) is 22.6. The average Bonchev–Trinajstić information content (AvgIpc) is 3.33. The molecule has 1 aromatic heterocycles. The number of hydrogen-bond acceptors (Lipinski definition) is 4. The van der Waals surface area contributed by atoms with Crippen molar-refractivity contribution in [2.24, 2.45) is 0 Å². The maximum absolute atomic E-state index is 12.6. The van der Waals surface area contributed by atoms with Crippen LogP contribution in [0.15, 0.2) is 96.4 Å². The van der Waals surface area contributed by atoms with E-state index in [0.717, 1.165) is 16.8 Å². The van der Waals surface area contributed by atoms with Gasteiger partial charge in [0, 0.05) is 30.2 Å². The normalized spacial score (nSPS) is 11.2. The summed E-state index contributed by atoms with van der Waals surface area (Å²) in [5, 5.41) is 2.91. The number of benzene rings is 3. The molecule has 0 radical (unpaired) electrons. The largest absolute Gasteiger partial charge is 0.348 e. The van der Waals surface area contributed by atoms with E-state index in [0.29, 0.717) is 17.8 Å². The molecule has 7 nitrogen and oxygen atoms in total. The van der Waals surface area contributed by atoms with Crippen LogP contribution in [-0.2, 0) is 16.6 Å². The predicted octanol–water partition coefficient (Wildman–Crippen LogP) is 3.91. The Hall–Kier alpha value is -3.91. The van der Waals surface area contributed by atoms with E-state index >= 15 is 0 Å². The summed E-state index contributed by atoms with van der Waals surface area (Å²) in [7, 11) is -3.69. The zero-order valence-corrected chi connectivity index (χ0v) is 18.2. The number of carbonyl (C=O) groups is 1. The molecule has 8 heteroatoms. The van der Waals surface area contributed by atoms with Gasteiger partial charge in [-0.15, -0.1) is 0 Å². The van der Waals surface area contributed by atoms with Crippen molar-refractivity contribution in [3.05, 3.63) is 108 Å². The first kappa shape index (κ1) is 21.3. The van der Waals surface area contributed by atoms with E-state index in [-0.39, 0.29) is 10.8 Å². The molecule has 0 aliphatic rings. The van der Waals surface area contributed by atoms with Crippen LogP contribution >= 0.6 is 0 Å². The van der Waals surface area contributed by atoms with Gasteiger partial charge < -0.3 is 9.88 Å². The van der Waals surface area contributed by atoms with Gasteiger partial charge in [0.2, 0.25) is 0 Å². The highest BCUT2D eigenvalue weighted by molar-refractivity contribution is 7.92. The molecule has 1 amide bonds. The second kappa shape index (κ2) is 9.07. The number of aromatic nitrogens is 2. The quantitative estimate of drug-likeness (QED) is 0.450. The van der Waals surface area contributed by atoms with Gasteiger partial charge in [-0.25, -0.2) is 13.4 Å². The van der Waals surface area contributed by atoms with Crippen LogP contribution in [0.2, 0.25) is 0 Å². The van der Waals surface area contributed by atoms with Gasteiger partial charge in [-0.05, 0) is 55.0 Å². The Morgan fingerprint density at radius 3 is 2.38 bits per heavy atom. The van der Waals surface area contributed by atoms with Crippen molar-refractivity contribution in [1.82, 2.24) is 14.9 Å². The SMILES string of the molecule is Cc1ccc(S(=O)(=O)Nc2ccc(C(=O)NCc3ccccc3-n3ccnc3)cc2)cc1. The molecule has 0 aliphatic heterocycles. The van der Waals surface area contributed by atoms with Crippen LogP contribution in [0.5, 0.6) is 0 Å². The summed E-state index contributed by atoms with van der Waals surface area (Å²) in [4.78, 5) is 16.8. The first-order valence-corrected chi connectivity index (χ1v) is 11.4. The minimum absolute atomic E-state index is 0.182. The predicted molar refractivity (Wildman–Crippen MR) is 123 cm³/mol. The van der Waals surface area contributed by atoms with Crippen LogP contribution in [0, 0.1) is 6.92 Å². The fraction of sp³-hybridized carbons (Fsp3) is 0.0833. The molecule has 0 saturated heterocycles. The van der Waals surface area contributed by atoms with Gasteiger partial charge in [0.05, 0.1) is 16.9 Å². The molecule has 4 rings (SSSR count). The average molecular weight is 447 g/mol. The Kier molecular flexibility index (Phi) is 6.04. The maximum atomic E-state index is 12.6. The number of imidazole rings is 1. The van der Waals surface area contributed by atoms with Gasteiger partial charge in [-0.3, -0.25) is 9.52 Å². The number of amides is 1. The monoisotopic (exact) mass is 446 g/mol. The summed E-state index contributed by atoms with van der Waals surface area (Å²) >= 11 is 0. The van der Waals surface area contributed by atoms with Crippen LogP contribution in [0.4, 0.5) is 5.69 Å². The summed E-state index contributed by atoms with van der Waals surface area (Å²) in [6.07, 6.45) is 5.25.